The van der Waals surface area contributed by atoms with Crippen LogP contribution in [0, 0.1) is 0 Å². The molecule has 0 saturated carbocycles. The van der Waals surface area contributed by atoms with Crippen molar-refractivity contribution < 1.29 is 24.0 Å². The lowest BCUT2D eigenvalue weighted by molar-refractivity contribution is -0.136. The summed E-state index contributed by atoms with van der Waals surface area (Å²) in [6.07, 6.45) is 0.377. The smallest absolute Gasteiger partial charge is 0.258 e. The average Bonchev–Trinajstić information content (AvgIpc) is 3.37. The summed E-state index contributed by atoms with van der Waals surface area (Å²) in [6, 6.07) is 11.1. The third kappa shape index (κ3) is 3.36. The molecular formula is C23H17N3O5S. The van der Waals surface area contributed by atoms with E-state index < -0.39 is 29.7 Å². The van der Waals surface area contributed by atoms with Gasteiger partial charge in [-0.3, -0.25) is 34.6 Å². The van der Waals surface area contributed by atoms with Crippen molar-refractivity contribution in [3.8, 4) is 0 Å². The first kappa shape index (κ1) is 20.1. The summed E-state index contributed by atoms with van der Waals surface area (Å²) in [4.78, 5) is 63.7. The van der Waals surface area contributed by atoms with Gasteiger partial charge in [0.2, 0.25) is 11.8 Å². The van der Waals surface area contributed by atoms with E-state index in [1.165, 1.54) is 11.0 Å². The maximum atomic E-state index is 13.1. The lowest BCUT2D eigenvalue weighted by Crippen LogP contribution is -2.52. The molecule has 3 aromatic rings. The first-order valence-electron chi connectivity index (χ1n) is 10.0. The summed E-state index contributed by atoms with van der Waals surface area (Å²) < 4.78 is 1.04. The van der Waals surface area contributed by atoms with Gasteiger partial charge in [-0.05, 0) is 53.1 Å². The number of thiophene rings is 1. The van der Waals surface area contributed by atoms with Crippen LogP contribution in [0.1, 0.15) is 49.5 Å². The van der Waals surface area contributed by atoms with Crippen LogP contribution in [0.15, 0.2) is 47.8 Å². The number of piperidine rings is 1. The molecule has 32 heavy (non-hydrogen) atoms. The Bertz CT molecular complexity index is 1330. The zero-order chi connectivity index (χ0) is 22.4. The molecule has 1 aromatic heterocycles. The number of hydrogen-bond donors (Lipinski definition) is 2. The molecule has 1 atom stereocenters. The SMILES string of the molecule is O=C1CCC(N2Cc3cccc(C(=O)NC(=O)c4ccc5sccc5c4)c3C2=O)C(=O)N1. The van der Waals surface area contributed by atoms with Crippen molar-refractivity contribution in [3.05, 3.63) is 70.1 Å². The third-order valence-corrected chi connectivity index (χ3v) is 6.64. The Hall–Kier alpha value is -3.85. The molecule has 160 valence electrons. The Labute approximate surface area is 186 Å². The van der Waals surface area contributed by atoms with Gasteiger partial charge in [-0.15, -0.1) is 11.3 Å². The molecule has 3 heterocycles. The van der Waals surface area contributed by atoms with E-state index in [9.17, 15) is 24.0 Å². The molecule has 2 aliphatic rings. The molecule has 9 heteroatoms. The van der Waals surface area contributed by atoms with Crippen LogP contribution in [-0.2, 0) is 16.1 Å². The van der Waals surface area contributed by atoms with Gasteiger partial charge in [0.25, 0.3) is 17.7 Å². The molecule has 0 spiro atoms. The zero-order valence-corrected chi connectivity index (χ0v) is 17.5. The molecule has 1 saturated heterocycles. The van der Waals surface area contributed by atoms with E-state index in [4.69, 9.17) is 0 Å². The number of benzene rings is 2. The molecule has 1 unspecified atom stereocenters. The first-order chi connectivity index (χ1) is 15.4. The monoisotopic (exact) mass is 447 g/mol. The second-order valence-electron chi connectivity index (χ2n) is 7.70. The quantitative estimate of drug-likeness (QED) is 0.598. The predicted molar refractivity (Wildman–Crippen MR) is 116 cm³/mol. The van der Waals surface area contributed by atoms with Crippen LogP contribution in [-0.4, -0.2) is 40.5 Å². The highest BCUT2D eigenvalue weighted by atomic mass is 32.1. The molecule has 5 rings (SSSR count). The summed E-state index contributed by atoms with van der Waals surface area (Å²) in [5.41, 5.74) is 1.19. The molecular weight excluding hydrogens is 430 g/mol. The summed E-state index contributed by atoms with van der Waals surface area (Å²) in [5.74, 6) is -2.60. The molecule has 0 aliphatic carbocycles. The topological polar surface area (TPSA) is 113 Å². The summed E-state index contributed by atoms with van der Waals surface area (Å²) >= 11 is 1.56. The van der Waals surface area contributed by atoms with Gasteiger partial charge in [-0.2, -0.15) is 0 Å². The van der Waals surface area contributed by atoms with Gasteiger partial charge >= 0.3 is 0 Å². The van der Waals surface area contributed by atoms with E-state index in [0.29, 0.717) is 11.1 Å². The number of nitrogens with one attached hydrogen (secondary N) is 2. The normalized spacial score (nSPS) is 17.9. The minimum atomic E-state index is -0.775. The number of hydrogen-bond acceptors (Lipinski definition) is 6. The number of nitrogens with zero attached hydrogens (tertiary/aromatic N) is 1. The lowest BCUT2D eigenvalue weighted by atomic mass is 10.0. The fourth-order valence-corrected chi connectivity index (χ4v) is 4.93. The number of carbonyl (C=O) groups is 5. The zero-order valence-electron chi connectivity index (χ0n) is 16.7. The lowest BCUT2D eigenvalue weighted by Gasteiger charge is -2.29. The van der Waals surface area contributed by atoms with Gasteiger partial charge in [0.15, 0.2) is 0 Å². The summed E-state index contributed by atoms with van der Waals surface area (Å²) in [7, 11) is 0. The molecule has 5 amide bonds. The van der Waals surface area contributed by atoms with Gasteiger partial charge in [0.1, 0.15) is 6.04 Å². The first-order valence-corrected chi connectivity index (χ1v) is 10.9. The van der Waals surface area contributed by atoms with Crippen LogP contribution in [0.25, 0.3) is 10.1 Å². The van der Waals surface area contributed by atoms with Crippen LogP contribution < -0.4 is 10.6 Å². The Morgan fingerprint density at radius 1 is 1.06 bits per heavy atom. The molecule has 2 aromatic carbocycles. The predicted octanol–water partition coefficient (Wildman–Crippen LogP) is 2.23. The van der Waals surface area contributed by atoms with Crippen molar-refractivity contribution in [1.82, 2.24) is 15.5 Å². The van der Waals surface area contributed by atoms with E-state index >= 15 is 0 Å². The Morgan fingerprint density at radius 3 is 2.72 bits per heavy atom. The van der Waals surface area contributed by atoms with E-state index in [2.05, 4.69) is 10.6 Å². The number of carbonyl (C=O) groups excluding carboxylic acids is 5. The number of amides is 5. The number of rotatable bonds is 3. The van der Waals surface area contributed by atoms with Gasteiger partial charge in [-0.25, -0.2) is 0 Å². The maximum Gasteiger partial charge on any atom is 0.258 e. The molecule has 2 N–H and O–H groups in total. The molecule has 8 nitrogen and oxygen atoms in total. The average molecular weight is 447 g/mol. The van der Waals surface area contributed by atoms with Crippen molar-refractivity contribution in [3.63, 3.8) is 0 Å². The highest BCUT2D eigenvalue weighted by Gasteiger charge is 2.40. The second kappa shape index (κ2) is 7.69. The van der Waals surface area contributed by atoms with Crippen LogP contribution >= 0.6 is 11.3 Å². The Morgan fingerprint density at radius 2 is 1.91 bits per heavy atom. The van der Waals surface area contributed by atoms with E-state index in [1.54, 1.807) is 35.6 Å². The van der Waals surface area contributed by atoms with Crippen LogP contribution in [0.4, 0.5) is 0 Å². The minimum absolute atomic E-state index is 0.0762. The number of fused-ring (bicyclic) bond motifs is 2. The largest absolute Gasteiger partial charge is 0.322 e. The fraction of sp³-hybridized carbons (Fsp3) is 0.174. The Kier molecular flexibility index (Phi) is 4.82. The van der Waals surface area contributed by atoms with Crippen molar-refractivity contribution in [2.24, 2.45) is 0 Å². The standard InChI is InChI=1S/C23H17N3O5S/c27-18-7-5-16(22(30)24-18)26-11-14-2-1-3-15(19(14)23(26)31)21(29)25-20(28)13-4-6-17-12(10-13)8-9-32-17/h1-4,6,8-10,16H,5,7,11H2,(H,24,27,30)(H,25,28,29). The second-order valence-corrected chi connectivity index (χ2v) is 8.64. The van der Waals surface area contributed by atoms with E-state index in [1.807, 2.05) is 17.5 Å². The third-order valence-electron chi connectivity index (χ3n) is 5.74. The van der Waals surface area contributed by atoms with Crippen LogP contribution in [0.5, 0.6) is 0 Å². The highest BCUT2D eigenvalue weighted by molar-refractivity contribution is 7.17. The fourth-order valence-electron chi connectivity index (χ4n) is 4.15. The van der Waals surface area contributed by atoms with Gasteiger partial charge in [-0.1, -0.05) is 12.1 Å². The van der Waals surface area contributed by atoms with E-state index in [0.717, 1.165) is 10.1 Å². The number of imide groups is 2. The highest BCUT2D eigenvalue weighted by Crippen LogP contribution is 2.30. The van der Waals surface area contributed by atoms with Gasteiger partial charge < -0.3 is 4.90 Å². The molecule has 0 bridgehead atoms. The van der Waals surface area contributed by atoms with Crippen molar-refractivity contribution in [2.45, 2.75) is 25.4 Å². The van der Waals surface area contributed by atoms with Gasteiger partial charge in [0, 0.05) is 23.2 Å². The summed E-state index contributed by atoms with van der Waals surface area (Å²) in [6.45, 7) is 0.157. The van der Waals surface area contributed by atoms with Crippen LogP contribution in [0.2, 0.25) is 0 Å². The minimum Gasteiger partial charge on any atom is -0.322 e. The Balaban J connectivity index is 1.38. The molecule has 2 aliphatic heterocycles. The molecule has 0 radical (unpaired) electrons. The van der Waals surface area contributed by atoms with Gasteiger partial charge in [0.05, 0.1) is 11.1 Å². The summed E-state index contributed by atoms with van der Waals surface area (Å²) in [5, 5.41) is 7.44. The van der Waals surface area contributed by atoms with Crippen LogP contribution in [0.3, 0.4) is 0 Å². The molecule has 1 fully saturated rings. The maximum absolute atomic E-state index is 13.1. The van der Waals surface area contributed by atoms with Crippen molar-refractivity contribution in [2.75, 3.05) is 0 Å². The van der Waals surface area contributed by atoms with E-state index in [-0.39, 0.29) is 36.4 Å². The van der Waals surface area contributed by atoms with Crippen molar-refractivity contribution in [1.29, 1.82) is 0 Å². The van der Waals surface area contributed by atoms with Crippen molar-refractivity contribution >= 4 is 51.0 Å².